The molecular formula is C32H58NO12P. The Hall–Kier alpha value is -1.48. The smallest absolute Gasteiger partial charge is 0.393 e. The predicted octanol–water partition coefficient (Wildman–Crippen LogP) is 2.29. The number of phosphoric ester groups is 1. The number of aliphatic hydroxyl groups excluding tert-OH is 7. The maximum Gasteiger partial charge on any atom is 0.472 e. The largest absolute Gasteiger partial charge is 0.472 e. The topological polar surface area (TPSA) is 226 Å². The fourth-order valence-electron chi connectivity index (χ4n) is 4.83. The Morgan fingerprint density at radius 1 is 0.761 bits per heavy atom. The fourth-order valence-corrected chi connectivity index (χ4v) is 5.80. The maximum absolute atomic E-state index is 12.7. The van der Waals surface area contributed by atoms with Gasteiger partial charge in [0.05, 0.1) is 31.3 Å². The summed E-state index contributed by atoms with van der Waals surface area (Å²) in [6, 6.07) is -1.26. The van der Waals surface area contributed by atoms with Gasteiger partial charge in [-0.3, -0.25) is 13.8 Å². The molecule has 14 heteroatoms. The van der Waals surface area contributed by atoms with Crippen LogP contribution in [0.4, 0.5) is 0 Å². The molecular weight excluding hydrogens is 621 g/mol. The van der Waals surface area contributed by atoms with Crippen molar-refractivity contribution in [3.05, 3.63) is 36.5 Å². The molecule has 0 bridgehead atoms. The van der Waals surface area contributed by atoms with Gasteiger partial charge in [-0.2, -0.15) is 0 Å². The van der Waals surface area contributed by atoms with Crippen molar-refractivity contribution >= 4 is 13.7 Å². The van der Waals surface area contributed by atoms with Crippen molar-refractivity contribution in [1.29, 1.82) is 0 Å². The lowest BCUT2D eigenvalue weighted by atomic mass is 9.85. The second kappa shape index (κ2) is 23.8. The summed E-state index contributed by atoms with van der Waals surface area (Å²) in [5.41, 5.74) is 0. The number of aliphatic hydroxyl groups is 7. The molecule has 0 spiro atoms. The molecule has 268 valence electrons. The number of phosphoric acid groups is 1. The third kappa shape index (κ3) is 17.1. The summed E-state index contributed by atoms with van der Waals surface area (Å²) >= 11 is 0. The van der Waals surface area contributed by atoms with Crippen LogP contribution >= 0.6 is 7.82 Å². The SMILES string of the molecule is CCC/C=C/CC/C=C/C(O)C(COP(=O)(O)OC1C(O)C(O)C(O)C(O)C1O)NC(=O)CC(O)CCCCC/C=C\CCCC. The molecule has 0 aliphatic heterocycles. The minimum absolute atomic E-state index is 0.266. The van der Waals surface area contributed by atoms with Gasteiger partial charge in [-0.05, 0) is 44.9 Å². The third-order valence-corrected chi connectivity index (χ3v) is 8.66. The van der Waals surface area contributed by atoms with Gasteiger partial charge in [-0.15, -0.1) is 0 Å². The number of allylic oxidation sites excluding steroid dienone is 5. The average molecular weight is 680 g/mol. The zero-order valence-electron chi connectivity index (χ0n) is 27.2. The lowest BCUT2D eigenvalue weighted by Crippen LogP contribution is -2.64. The summed E-state index contributed by atoms with van der Waals surface area (Å²) in [5, 5.41) is 73.4. The first-order valence-corrected chi connectivity index (χ1v) is 18.0. The van der Waals surface area contributed by atoms with Crippen LogP contribution < -0.4 is 5.32 Å². The van der Waals surface area contributed by atoms with Crippen molar-refractivity contribution in [3.8, 4) is 0 Å². The van der Waals surface area contributed by atoms with Crippen LogP contribution in [0.3, 0.4) is 0 Å². The van der Waals surface area contributed by atoms with Crippen molar-refractivity contribution < 1.29 is 59.0 Å². The molecule has 1 saturated carbocycles. The van der Waals surface area contributed by atoms with E-state index in [0.29, 0.717) is 12.8 Å². The third-order valence-electron chi connectivity index (χ3n) is 7.68. The van der Waals surface area contributed by atoms with Crippen LogP contribution in [0.5, 0.6) is 0 Å². The molecule has 1 rings (SSSR count). The Morgan fingerprint density at radius 3 is 1.96 bits per heavy atom. The number of hydrogen-bond acceptors (Lipinski definition) is 11. The monoisotopic (exact) mass is 679 g/mol. The number of nitrogens with one attached hydrogen (secondary N) is 1. The Bertz CT molecular complexity index is 947. The van der Waals surface area contributed by atoms with Gasteiger partial charge >= 0.3 is 7.82 Å². The summed E-state index contributed by atoms with van der Waals surface area (Å²) in [6.45, 7) is 3.46. The van der Waals surface area contributed by atoms with Gasteiger partial charge in [-0.25, -0.2) is 4.57 Å². The summed E-state index contributed by atoms with van der Waals surface area (Å²) in [5.74, 6) is -0.623. The van der Waals surface area contributed by atoms with Crippen LogP contribution in [0.15, 0.2) is 36.5 Å². The van der Waals surface area contributed by atoms with Gasteiger partial charge in [0.25, 0.3) is 0 Å². The van der Waals surface area contributed by atoms with Crippen molar-refractivity contribution in [2.75, 3.05) is 6.61 Å². The number of hydrogen-bond donors (Lipinski definition) is 9. The molecule has 0 aromatic carbocycles. The van der Waals surface area contributed by atoms with Gasteiger partial charge in [0, 0.05) is 0 Å². The maximum atomic E-state index is 12.7. The van der Waals surface area contributed by atoms with Crippen LogP contribution in [-0.4, -0.2) is 108 Å². The van der Waals surface area contributed by atoms with Crippen molar-refractivity contribution in [1.82, 2.24) is 5.32 Å². The molecule has 1 fully saturated rings. The molecule has 1 aliphatic rings. The van der Waals surface area contributed by atoms with Crippen LogP contribution in [0.2, 0.25) is 0 Å². The van der Waals surface area contributed by atoms with Crippen LogP contribution in [0.25, 0.3) is 0 Å². The highest BCUT2D eigenvalue weighted by molar-refractivity contribution is 7.47. The lowest BCUT2D eigenvalue weighted by molar-refractivity contribution is -0.220. The summed E-state index contributed by atoms with van der Waals surface area (Å²) in [7, 11) is -5.13. The second-order valence-corrected chi connectivity index (χ2v) is 13.2. The van der Waals surface area contributed by atoms with E-state index in [1.54, 1.807) is 6.08 Å². The van der Waals surface area contributed by atoms with E-state index in [1.807, 2.05) is 6.08 Å². The number of amides is 1. The minimum atomic E-state index is -5.13. The van der Waals surface area contributed by atoms with Gasteiger partial charge in [0.15, 0.2) is 0 Å². The molecule has 8 atom stereocenters. The quantitative estimate of drug-likeness (QED) is 0.0407. The minimum Gasteiger partial charge on any atom is -0.393 e. The Balaban J connectivity index is 2.75. The Morgan fingerprint density at radius 2 is 1.33 bits per heavy atom. The van der Waals surface area contributed by atoms with E-state index in [4.69, 9.17) is 9.05 Å². The summed E-state index contributed by atoms with van der Waals surface area (Å²) in [6.07, 6.45) is 7.59. The molecule has 0 heterocycles. The van der Waals surface area contributed by atoms with E-state index in [0.717, 1.165) is 57.8 Å². The normalized spacial score (nSPS) is 27.3. The molecule has 46 heavy (non-hydrogen) atoms. The highest BCUT2D eigenvalue weighted by Gasteiger charge is 2.51. The molecule has 1 amide bonds. The first-order chi connectivity index (χ1) is 21.8. The zero-order chi connectivity index (χ0) is 34.5. The lowest BCUT2D eigenvalue weighted by Gasteiger charge is -2.41. The van der Waals surface area contributed by atoms with Crippen molar-refractivity contribution in [2.45, 2.75) is 152 Å². The highest BCUT2D eigenvalue weighted by atomic mass is 31.2. The molecule has 13 nitrogen and oxygen atoms in total. The number of unbranched alkanes of at least 4 members (excludes halogenated alkanes) is 7. The van der Waals surface area contributed by atoms with Crippen LogP contribution in [-0.2, 0) is 18.4 Å². The molecule has 1 aliphatic carbocycles. The average Bonchev–Trinajstić information content (AvgIpc) is 3.01. The van der Waals surface area contributed by atoms with E-state index in [2.05, 4.69) is 37.4 Å². The van der Waals surface area contributed by atoms with Crippen LogP contribution in [0.1, 0.15) is 97.3 Å². The molecule has 0 saturated heterocycles. The molecule has 9 N–H and O–H groups in total. The zero-order valence-corrected chi connectivity index (χ0v) is 28.1. The van der Waals surface area contributed by atoms with Crippen molar-refractivity contribution in [3.63, 3.8) is 0 Å². The van der Waals surface area contributed by atoms with Gasteiger partial charge in [-0.1, -0.05) is 82.4 Å². The first kappa shape index (κ1) is 42.5. The van der Waals surface area contributed by atoms with E-state index < -0.39 is 75.2 Å². The Kier molecular flexibility index (Phi) is 22.0. The van der Waals surface area contributed by atoms with Gasteiger partial charge in [0.1, 0.15) is 36.6 Å². The number of rotatable bonds is 24. The molecule has 8 unspecified atom stereocenters. The second-order valence-electron chi connectivity index (χ2n) is 11.8. The fraction of sp³-hybridized carbons (Fsp3) is 0.781. The summed E-state index contributed by atoms with van der Waals surface area (Å²) < 4.78 is 22.5. The van der Waals surface area contributed by atoms with Crippen LogP contribution in [0, 0.1) is 0 Å². The Labute approximate surface area is 273 Å². The number of carbonyl (C=O) groups is 1. The van der Waals surface area contributed by atoms with E-state index in [9.17, 15) is 50.0 Å². The number of carbonyl (C=O) groups excluding carboxylic acids is 1. The first-order valence-electron chi connectivity index (χ1n) is 16.5. The van der Waals surface area contributed by atoms with Gasteiger partial charge < -0.3 is 46.0 Å². The van der Waals surface area contributed by atoms with Crippen molar-refractivity contribution in [2.24, 2.45) is 0 Å². The molecule has 0 aromatic rings. The molecule has 0 radical (unpaired) electrons. The summed E-state index contributed by atoms with van der Waals surface area (Å²) in [4.78, 5) is 23.0. The van der Waals surface area contributed by atoms with E-state index in [-0.39, 0.29) is 6.42 Å². The van der Waals surface area contributed by atoms with E-state index >= 15 is 0 Å². The highest BCUT2D eigenvalue weighted by Crippen LogP contribution is 2.47. The standard InChI is InChI=1S/C32H58NO12P/c1-3-5-7-9-11-12-14-15-17-19-23(34)21-26(36)33-24(25(35)20-18-16-13-10-8-6-4-2)22-44-46(42,43)45-32-30(40)28(38)27(37)29(39)31(32)41/h8-11,18,20,23-25,27-32,34-35,37-41H,3-7,12-17,19,21-22H2,1-2H3,(H,33,36)(H,42,43)/b10-8+,11-9-,20-18+. The van der Waals surface area contributed by atoms with Gasteiger partial charge in [0.2, 0.25) is 5.91 Å². The predicted molar refractivity (Wildman–Crippen MR) is 173 cm³/mol. The van der Waals surface area contributed by atoms with E-state index in [1.165, 1.54) is 12.5 Å². The molecule has 0 aromatic heterocycles.